The van der Waals surface area contributed by atoms with Crippen molar-refractivity contribution in [3.8, 4) is 0 Å². The molecule has 0 amide bonds. The fraction of sp³-hybridized carbons (Fsp3) is 0.200. The molecule has 0 aromatic heterocycles. The topological polar surface area (TPSA) is 86.7 Å². The number of allylic oxidation sites excluding steroid dienone is 1. The first kappa shape index (κ1) is 18.8. The van der Waals surface area contributed by atoms with Crippen molar-refractivity contribution in [1.82, 2.24) is 0 Å². The summed E-state index contributed by atoms with van der Waals surface area (Å²) in [7, 11) is -4.11. The van der Waals surface area contributed by atoms with E-state index in [0.717, 1.165) is 0 Å². The van der Waals surface area contributed by atoms with E-state index >= 15 is 0 Å². The summed E-state index contributed by atoms with van der Waals surface area (Å²) in [6, 6.07) is 16.2. The Morgan fingerprint density at radius 3 is 2.07 bits per heavy atom. The Kier molecular flexibility index (Phi) is 5.14. The number of benzene rings is 2. The third kappa shape index (κ3) is 3.64. The number of ketones is 1. The average Bonchev–Trinajstić information content (AvgIpc) is 2.81. The number of carbonyl (C=O) groups is 2. The first-order chi connectivity index (χ1) is 12.8. The molecule has 0 radical (unpaired) electrons. The minimum atomic E-state index is -4.11. The van der Waals surface area contributed by atoms with Gasteiger partial charge in [-0.15, -0.1) is 0 Å². The number of hydrogen-bond donors (Lipinski definition) is 0. The molecule has 27 heavy (non-hydrogen) atoms. The number of rotatable bonds is 4. The lowest BCUT2D eigenvalue weighted by Gasteiger charge is -2.10. The summed E-state index contributed by atoms with van der Waals surface area (Å²) in [6.45, 7) is 3.24. The van der Waals surface area contributed by atoms with Crippen LogP contribution in [0.3, 0.4) is 0 Å². The minimum Gasteiger partial charge on any atom is -0.431 e. The van der Waals surface area contributed by atoms with Crippen LogP contribution in [0, 0.1) is 0 Å². The van der Waals surface area contributed by atoms with Crippen molar-refractivity contribution in [2.75, 3.05) is 0 Å². The Balaban J connectivity index is 2.14. The normalized spacial score (nSPS) is 18.6. The standard InChI is InChI=1S/C20H18O6S/c1-13(2)25-20(22)26-17-16(21)18(14-9-5-3-6-10-14)27(23,24)19(17)15-11-7-4-8-12-15/h3-13,18H,1-2H3. The molecule has 1 unspecified atom stereocenters. The van der Waals surface area contributed by atoms with Gasteiger partial charge in [-0.05, 0) is 25.0 Å². The molecule has 0 N–H and O–H groups in total. The number of Topliss-reactive ketones (excluding diaryl/α,β-unsaturated/α-hetero) is 1. The number of ether oxygens (including phenoxy) is 2. The second-order valence-corrected chi connectivity index (χ2v) is 8.21. The molecule has 0 saturated heterocycles. The Bertz CT molecular complexity index is 991. The lowest BCUT2D eigenvalue weighted by atomic mass is 10.1. The zero-order chi connectivity index (χ0) is 19.6. The largest absolute Gasteiger partial charge is 0.514 e. The quantitative estimate of drug-likeness (QED) is 0.746. The molecule has 140 valence electrons. The van der Waals surface area contributed by atoms with E-state index in [4.69, 9.17) is 9.47 Å². The summed E-state index contributed by atoms with van der Waals surface area (Å²) in [6.07, 6.45) is -1.60. The van der Waals surface area contributed by atoms with Crippen LogP contribution in [-0.2, 0) is 24.1 Å². The number of hydrogen-bond acceptors (Lipinski definition) is 6. The van der Waals surface area contributed by atoms with Gasteiger partial charge in [0.2, 0.25) is 5.78 Å². The summed E-state index contributed by atoms with van der Waals surface area (Å²) in [5.74, 6) is -1.30. The molecule has 3 rings (SSSR count). The summed E-state index contributed by atoms with van der Waals surface area (Å²) in [5.41, 5.74) is 0.586. The van der Waals surface area contributed by atoms with Crippen molar-refractivity contribution in [3.05, 3.63) is 77.5 Å². The Hall–Kier alpha value is -2.93. The van der Waals surface area contributed by atoms with Gasteiger partial charge >= 0.3 is 6.16 Å². The fourth-order valence-electron chi connectivity index (χ4n) is 2.86. The molecule has 1 heterocycles. The highest BCUT2D eigenvalue weighted by Gasteiger charge is 2.50. The first-order valence-electron chi connectivity index (χ1n) is 8.33. The number of sulfone groups is 1. The zero-order valence-electron chi connectivity index (χ0n) is 14.8. The van der Waals surface area contributed by atoms with Gasteiger partial charge < -0.3 is 9.47 Å². The zero-order valence-corrected chi connectivity index (χ0v) is 15.6. The van der Waals surface area contributed by atoms with Gasteiger partial charge in [0, 0.05) is 0 Å². The SMILES string of the molecule is CC(C)OC(=O)OC1=C(c2ccccc2)S(=O)(=O)C(c2ccccc2)C1=O. The van der Waals surface area contributed by atoms with Gasteiger partial charge in [0.25, 0.3) is 0 Å². The molecule has 1 atom stereocenters. The number of carbonyl (C=O) groups excluding carboxylic acids is 2. The van der Waals surface area contributed by atoms with Crippen LogP contribution in [-0.4, -0.2) is 26.5 Å². The molecule has 0 saturated carbocycles. The molecular formula is C20H18O6S. The van der Waals surface area contributed by atoms with Crippen LogP contribution in [0.15, 0.2) is 66.4 Å². The van der Waals surface area contributed by atoms with Gasteiger partial charge in [0.1, 0.15) is 4.91 Å². The second kappa shape index (κ2) is 7.36. The van der Waals surface area contributed by atoms with Crippen molar-refractivity contribution >= 4 is 26.7 Å². The van der Waals surface area contributed by atoms with Gasteiger partial charge in [0.05, 0.1) is 6.10 Å². The molecular weight excluding hydrogens is 368 g/mol. The summed E-state index contributed by atoms with van der Waals surface area (Å²) >= 11 is 0. The lowest BCUT2D eigenvalue weighted by molar-refractivity contribution is -0.118. The van der Waals surface area contributed by atoms with Crippen LogP contribution in [0.2, 0.25) is 0 Å². The molecule has 0 aliphatic carbocycles. The van der Waals surface area contributed by atoms with Crippen LogP contribution < -0.4 is 0 Å². The average molecular weight is 386 g/mol. The van der Waals surface area contributed by atoms with Crippen molar-refractivity contribution in [3.63, 3.8) is 0 Å². The molecule has 7 heteroatoms. The van der Waals surface area contributed by atoms with Crippen LogP contribution in [0.1, 0.15) is 30.2 Å². The molecule has 1 aliphatic heterocycles. The van der Waals surface area contributed by atoms with Crippen LogP contribution in [0.5, 0.6) is 0 Å². The van der Waals surface area contributed by atoms with Crippen LogP contribution >= 0.6 is 0 Å². The third-order valence-electron chi connectivity index (χ3n) is 3.92. The Morgan fingerprint density at radius 1 is 0.963 bits per heavy atom. The Morgan fingerprint density at radius 2 is 1.52 bits per heavy atom. The van der Waals surface area contributed by atoms with Crippen molar-refractivity contribution in [1.29, 1.82) is 0 Å². The molecule has 0 spiro atoms. The predicted molar refractivity (Wildman–Crippen MR) is 99.2 cm³/mol. The van der Waals surface area contributed by atoms with Gasteiger partial charge in [-0.1, -0.05) is 60.7 Å². The van der Waals surface area contributed by atoms with Crippen LogP contribution in [0.4, 0.5) is 4.79 Å². The summed E-state index contributed by atoms with van der Waals surface area (Å²) in [4.78, 5) is 24.6. The van der Waals surface area contributed by atoms with E-state index in [2.05, 4.69) is 0 Å². The second-order valence-electron chi connectivity index (χ2n) is 6.24. The highest BCUT2D eigenvalue weighted by Crippen LogP contribution is 2.44. The van der Waals surface area contributed by atoms with E-state index in [1.165, 1.54) is 0 Å². The first-order valence-corrected chi connectivity index (χ1v) is 9.88. The Labute approximate surface area is 157 Å². The molecule has 0 bridgehead atoms. The van der Waals surface area contributed by atoms with E-state index < -0.39 is 38.9 Å². The van der Waals surface area contributed by atoms with E-state index in [1.54, 1.807) is 74.5 Å². The molecule has 0 fully saturated rings. The van der Waals surface area contributed by atoms with E-state index in [-0.39, 0.29) is 10.5 Å². The molecule has 2 aromatic carbocycles. The summed E-state index contributed by atoms with van der Waals surface area (Å²) < 4.78 is 36.4. The maximum absolute atomic E-state index is 13.2. The minimum absolute atomic E-state index is 0.275. The monoisotopic (exact) mass is 386 g/mol. The highest BCUT2D eigenvalue weighted by molar-refractivity contribution is 8.02. The van der Waals surface area contributed by atoms with Crippen LogP contribution in [0.25, 0.3) is 4.91 Å². The molecule has 1 aliphatic rings. The smallest absolute Gasteiger partial charge is 0.431 e. The van der Waals surface area contributed by atoms with E-state index in [1.807, 2.05) is 0 Å². The van der Waals surface area contributed by atoms with Gasteiger partial charge in [-0.25, -0.2) is 13.2 Å². The van der Waals surface area contributed by atoms with Crippen molar-refractivity contribution in [2.45, 2.75) is 25.2 Å². The molecule has 2 aromatic rings. The van der Waals surface area contributed by atoms with E-state index in [9.17, 15) is 18.0 Å². The third-order valence-corrected chi connectivity index (χ3v) is 6.02. The molecule has 6 nitrogen and oxygen atoms in total. The highest BCUT2D eigenvalue weighted by atomic mass is 32.2. The van der Waals surface area contributed by atoms with E-state index in [0.29, 0.717) is 5.56 Å². The van der Waals surface area contributed by atoms with Gasteiger partial charge in [-0.3, -0.25) is 4.79 Å². The van der Waals surface area contributed by atoms with Gasteiger partial charge in [0.15, 0.2) is 20.8 Å². The van der Waals surface area contributed by atoms with Crippen molar-refractivity contribution in [2.24, 2.45) is 0 Å². The summed E-state index contributed by atoms with van der Waals surface area (Å²) in [5, 5.41) is -1.46. The van der Waals surface area contributed by atoms with Gasteiger partial charge in [-0.2, -0.15) is 0 Å². The lowest BCUT2D eigenvalue weighted by Crippen LogP contribution is -2.18. The fourth-order valence-corrected chi connectivity index (χ4v) is 4.86. The maximum Gasteiger partial charge on any atom is 0.514 e. The van der Waals surface area contributed by atoms with Crippen molar-refractivity contribution < 1.29 is 27.5 Å². The predicted octanol–water partition coefficient (Wildman–Crippen LogP) is 3.66. The maximum atomic E-state index is 13.2.